The highest BCUT2D eigenvalue weighted by Gasteiger charge is 2.18. The second-order valence-corrected chi connectivity index (χ2v) is 4.71. The van der Waals surface area contributed by atoms with Crippen LogP contribution in [0.25, 0.3) is 0 Å². The van der Waals surface area contributed by atoms with Gasteiger partial charge in [0.1, 0.15) is 11.8 Å². The van der Waals surface area contributed by atoms with Crippen molar-refractivity contribution in [2.75, 3.05) is 7.11 Å². The van der Waals surface area contributed by atoms with Crippen LogP contribution in [-0.4, -0.2) is 30.3 Å². The summed E-state index contributed by atoms with van der Waals surface area (Å²) < 4.78 is 5.05. The van der Waals surface area contributed by atoms with Crippen molar-refractivity contribution in [3.8, 4) is 5.75 Å². The van der Waals surface area contributed by atoms with Crippen molar-refractivity contribution in [1.82, 2.24) is 10.6 Å². The lowest BCUT2D eigenvalue weighted by Crippen LogP contribution is -2.45. The standard InChI is InChI=1S/C15H22N2O4/c1-3-4-5-13(14(18)19)17-15(20)16-10-11-6-8-12(21-2)9-7-11/h6-9,13H,3-5,10H2,1-2H3,(H,18,19)(H2,16,17,20)/t13-/m0/s1. The molecule has 6 heteroatoms. The Hall–Kier alpha value is -2.24. The van der Waals surface area contributed by atoms with Crippen LogP contribution in [-0.2, 0) is 11.3 Å². The molecule has 1 rings (SSSR count). The number of benzene rings is 1. The second-order valence-electron chi connectivity index (χ2n) is 4.71. The molecule has 0 aromatic heterocycles. The zero-order valence-corrected chi connectivity index (χ0v) is 12.4. The zero-order chi connectivity index (χ0) is 15.7. The molecule has 0 fully saturated rings. The summed E-state index contributed by atoms with van der Waals surface area (Å²) in [6.45, 7) is 2.30. The molecular formula is C15H22N2O4. The number of carboxylic acid groups (broad SMARTS) is 1. The first-order chi connectivity index (χ1) is 10.1. The first-order valence-electron chi connectivity index (χ1n) is 6.97. The van der Waals surface area contributed by atoms with Crippen molar-refractivity contribution in [1.29, 1.82) is 0 Å². The maximum Gasteiger partial charge on any atom is 0.326 e. The Morgan fingerprint density at radius 2 is 1.95 bits per heavy atom. The number of amides is 2. The number of urea groups is 1. The quantitative estimate of drug-likeness (QED) is 0.685. The van der Waals surface area contributed by atoms with Crippen molar-refractivity contribution >= 4 is 12.0 Å². The van der Waals surface area contributed by atoms with Crippen molar-refractivity contribution in [3.63, 3.8) is 0 Å². The summed E-state index contributed by atoms with van der Waals surface area (Å²) in [4.78, 5) is 22.7. The lowest BCUT2D eigenvalue weighted by atomic mass is 10.1. The molecule has 1 aromatic carbocycles. The van der Waals surface area contributed by atoms with Gasteiger partial charge in [0.2, 0.25) is 0 Å². The van der Waals surface area contributed by atoms with E-state index in [-0.39, 0.29) is 0 Å². The molecule has 0 aliphatic carbocycles. The Morgan fingerprint density at radius 3 is 2.48 bits per heavy atom. The van der Waals surface area contributed by atoms with Crippen LogP contribution in [0.15, 0.2) is 24.3 Å². The highest BCUT2D eigenvalue weighted by molar-refractivity contribution is 5.82. The number of carboxylic acids is 1. The first-order valence-corrected chi connectivity index (χ1v) is 6.97. The molecular weight excluding hydrogens is 272 g/mol. The molecule has 0 aliphatic heterocycles. The molecule has 0 radical (unpaired) electrons. The van der Waals surface area contributed by atoms with Gasteiger partial charge in [0.25, 0.3) is 0 Å². The number of ether oxygens (including phenoxy) is 1. The minimum Gasteiger partial charge on any atom is -0.497 e. The normalized spacial score (nSPS) is 11.5. The third-order valence-corrected chi connectivity index (χ3v) is 3.06. The maximum atomic E-state index is 11.7. The highest BCUT2D eigenvalue weighted by Crippen LogP contribution is 2.10. The number of unbranched alkanes of at least 4 members (excludes halogenated alkanes) is 1. The fourth-order valence-corrected chi connectivity index (χ4v) is 1.80. The molecule has 0 saturated carbocycles. The van der Waals surface area contributed by atoms with Crippen molar-refractivity contribution in [2.24, 2.45) is 0 Å². The predicted molar refractivity (Wildman–Crippen MR) is 79.3 cm³/mol. The van der Waals surface area contributed by atoms with E-state index in [1.54, 1.807) is 19.2 Å². The van der Waals surface area contributed by atoms with Gasteiger partial charge < -0.3 is 20.5 Å². The molecule has 116 valence electrons. The summed E-state index contributed by atoms with van der Waals surface area (Å²) in [6, 6.07) is 5.96. The third-order valence-electron chi connectivity index (χ3n) is 3.06. The van der Waals surface area contributed by atoms with Gasteiger partial charge in [0.15, 0.2) is 0 Å². The predicted octanol–water partition coefficient (Wildman–Crippen LogP) is 2.14. The van der Waals surface area contributed by atoms with Crippen LogP contribution >= 0.6 is 0 Å². The fourth-order valence-electron chi connectivity index (χ4n) is 1.80. The van der Waals surface area contributed by atoms with Gasteiger partial charge in [-0.2, -0.15) is 0 Å². The number of hydrogen-bond acceptors (Lipinski definition) is 3. The largest absolute Gasteiger partial charge is 0.497 e. The van der Waals surface area contributed by atoms with Gasteiger partial charge in [-0.1, -0.05) is 31.9 Å². The molecule has 6 nitrogen and oxygen atoms in total. The number of nitrogens with one attached hydrogen (secondary N) is 2. The molecule has 0 heterocycles. The van der Waals surface area contributed by atoms with Crippen LogP contribution in [0, 0.1) is 0 Å². The molecule has 1 atom stereocenters. The SMILES string of the molecule is CCCC[C@H](NC(=O)NCc1ccc(OC)cc1)C(=O)O. The number of hydrogen-bond donors (Lipinski definition) is 3. The lowest BCUT2D eigenvalue weighted by molar-refractivity contribution is -0.139. The van der Waals surface area contributed by atoms with Gasteiger partial charge in [0, 0.05) is 6.54 Å². The summed E-state index contributed by atoms with van der Waals surface area (Å²) >= 11 is 0. The Balaban J connectivity index is 2.42. The molecule has 3 N–H and O–H groups in total. The summed E-state index contributed by atoms with van der Waals surface area (Å²) in [6.07, 6.45) is 2.08. The maximum absolute atomic E-state index is 11.7. The van der Waals surface area contributed by atoms with Crippen LogP contribution in [0.3, 0.4) is 0 Å². The molecule has 0 saturated heterocycles. The number of aliphatic carboxylic acids is 1. The van der Waals surface area contributed by atoms with E-state index in [1.165, 1.54) is 0 Å². The molecule has 1 aromatic rings. The summed E-state index contributed by atoms with van der Waals surface area (Å²) in [7, 11) is 1.59. The van der Waals surface area contributed by atoms with Crippen molar-refractivity contribution < 1.29 is 19.4 Å². The number of carbonyl (C=O) groups excluding carboxylic acids is 1. The highest BCUT2D eigenvalue weighted by atomic mass is 16.5. The Bertz CT molecular complexity index is 459. The van der Waals surface area contributed by atoms with E-state index < -0.39 is 18.0 Å². The van der Waals surface area contributed by atoms with E-state index in [0.29, 0.717) is 13.0 Å². The molecule has 0 spiro atoms. The van der Waals surface area contributed by atoms with Crippen molar-refractivity contribution in [3.05, 3.63) is 29.8 Å². The van der Waals surface area contributed by atoms with E-state index in [2.05, 4.69) is 10.6 Å². The van der Waals surface area contributed by atoms with Crippen LogP contribution in [0.1, 0.15) is 31.7 Å². The average Bonchev–Trinajstić information content (AvgIpc) is 2.49. The number of carbonyl (C=O) groups is 2. The van der Waals surface area contributed by atoms with E-state index in [4.69, 9.17) is 9.84 Å². The molecule has 0 bridgehead atoms. The van der Waals surface area contributed by atoms with Gasteiger partial charge in [-0.25, -0.2) is 9.59 Å². The van der Waals surface area contributed by atoms with E-state index in [9.17, 15) is 9.59 Å². The average molecular weight is 294 g/mol. The van der Waals surface area contributed by atoms with E-state index in [0.717, 1.165) is 24.2 Å². The molecule has 21 heavy (non-hydrogen) atoms. The van der Waals surface area contributed by atoms with Crippen LogP contribution in [0.4, 0.5) is 4.79 Å². The monoisotopic (exact) mass is 294 g/mol. The summed E-state index contributed by atoms with van der Waals surface area (Å²) in [5.41, 5.74) is 0.909. The van der Waals surface area contributed by atoms with Gasteiger partial charge in [0.05, 0.1) is 7.11 Å². The zero-order valence-electron chi connectivity index (χ0n) is 12.4. The van der Waals surface area contributed by atoms with Gasteiger partial charge in [-0.15, -0.1) is 0 Å². The number of rotatable bonds is 8. The van der Waals surface area contributed by atoms with Crippen LogP contribution < -0.4 is 15.4 Å². The fraction of sp³-hybridized carbons (Fsp3) is 0.467. The Kier molecular flexibility index (Phi) is 7.08. The van der Waals surface area contributed by atoms with E-state index >= 15 is 0 Å². The van der Waals surface area contributed by atoms with Crippen LogP contribution in [0.5, 0.6) is 5.75 Å². The molecule has 0 unspecified atom stereocenters. The molecule has 0 aliphatic rings. The first kappa shape index (κ1) is 16.8. The lowest BCUT2D eigenvalue weighted by Gasteiger charge is -2.14. The Morgan fingerprint density at radius 1 is 1.29 bits per heavy atom. The third kappa shape index (κ3) is 6.16. The van der Waals surface area contributed by atoms with Gasteiger partial charge in [-0.3, -0.25) is 0 Å². The van der Waals surface area contributed by atoms with Crippen molar-refractivity contribution in [2.45, 2.75) is 38.8 Å². The van der Waals surface area contributed by atoms with Gasteiger partial charge in [-0.05, 0) is 24.1 Å². The Labute approximate surface area is 124 Å². The summed E-state index contributed by atoms with van der Waals surface area (Å²) in [5, 5.41) is 14.1. The van der Waals surface area contributed by atoms with Gasteiger partial charge >= 0.3 is 12.0 Å². The minimum absolute atomic E-state index is 0.329. The minimum atomic E-state index is -1.01. The van der Waals surface area contributed by atoms with Crippen LogP contribution in [0.2, 0.25) is 0 Å². The van der Waals surface area contributed by atoms with E-state index in [1.807, 2.05) is 19.1 Å². The summed E-state index contributed by atoms with van der Waals surface area (Å²) in [5.74, 6) is -0.267. The topological polar surface area (TPSA) is 87.7 Å². The molecule has 2 amide bonds. The second kappa shape index (κ2) is 8.84. The number of methoxy groups -OCH3 is 1. The smallest absolute Gasteiger partial charge is 0.326 e.